The number of alkyl halides is 5. The highest BCUT2D eigenvalue weighted by Crippen LogP contribution is 2.46. The van der Waals surface area contributed by atoms with Gasteiger partial charge in [0, 0.05) is 21.4 Å². The van der Waals surface area contributed by atoms with Gasteiger partial charge in [-0.3, -0.25) is 14.3 Å². The highest BCUT2D eigenvalue weighted by molar-refractivity contribution is 7.15. The topological polar surface area (TPSA) is 80.9 Å². The van der Waals surface area contributed by atoms with Gasteiger partial charge in [-0.15, -0.1) is 11.3 Å². The molecule has 2 heterocycles. The minimum atomic E-state index is -4.55. The Labute approximate surface area is 198 Å². The number of nitrogens with zero attached hydrogens (tertiary/aromatic N) is 1. The van der Waals surface area contributed by atoms with E-state index in [1.165, 1.54) is 17.6 Å². The zero-order chi connectivity index (χ0) is 25.4. The maximum atomic E-state index is 15.7. The quantitative estimate of drug-likeness (QED) is 0.471. The molecule has 1 saturated carbocycles. The van der Waals surface area contributed by atoms with Gasteiger partial charge in [0.25, 0.3) is 12.0 Å². The lowest BCUT2D eigenvalue weighted by Crippen LogP contribution is -2.45. The van der Waals surface area contributed by atoms with E-state index in [-0.39, 0.29) is 40.4 Å². The number of aryl methyl sites for hydroxylation is 2. The summed E-state index contributed by atoms with van der Waals surface area (Å²) < 4.78 is 84.5. The second-order valence-electron chi connectivity index (χ2n) is 9.24. The van der Waals surface area contributed by atoms with Gasteiger partial charge < -0.3 is 5.73 Å². The van der Waals surface area contributed by atoms with E-state index < -0.39 is 52.6 Å². The minimum absolute atomic E-state index is 0.0312. The summed E-state index contributed by atoms with van der Waals surface area (Å²) in [6, 6.07) is -0.761. The number of halogens is 6. The van der Waals surface area contributed by atoms with E-state index in [9.17, 15) is 31.5 Å². The predicted octanol–water partition coefficient (Wildman–Crippen LogP) is 5.13. The second-order valence-corrected chi connectivity index (χ2v) is 10.4. The van der Waals surface area contributed by atoms with E-state index in [1.54, 1.807) is 0 Å². The predicted molar refractivity (Wildman–Crippen MR) is 120 cm³/mol. The van der Waals surface area contributed by atoms with Crippen LogP contribution in [0.3, 0.4) is 0 Å². The molecule has 5 rings (SSSR count). The van der Waals surface area contributed by atoms with Gasteiger partial charge in [-0.05, 0) is 62.1 Å². The molecular formula is C23H21F6N3O2S. The largest absolute Gasteiger partial charge is 0.403 e. The molecule has 2 unspecified atom stereocenters. The van der Waals surface area contributed by atoms with Crippen molar-refractivity contribution in [2.24, 2.45) is 11.7 Å². The number of thiophene rings is 1. The first-order valence-corrected chi connectivity index (χ1v) is 11.9. The van der Waals surface area contributed by atoms with Gasteiger partial charge in [-0.25, -0.2) is 18.0 Å². The van der Waals surface area contributed by atoms with Crippen molar-refractivity contribution in [3.63, 3.8) is 0 Å². The van der Waals surface area contributed by atoms with E-state index in [0.717, 1.165) is 16.2 Å². The molecule has 2 aliphatic carbocycles. The molecule has 1 fully saturated rings. The number of aromatic nitrogens is 2. The van der Waals surface area contributed by atoms with Crippen molar-refractivity contribution in [3.05, 3.63) is 54.3 Å². The van der Waals surface area contributed by atoms with Crippen molar-refractivity contribution in [2.45, 2.75) is 63.7 Å². The van der Waals surface area contributed by atoms with Crippen LogP contribution in [-0.2, 0) is 12.8 Å². The Bertz CT molecular complexity index is 1450. The third-order valence-corrected chi connectivity index (χ3v) is 8.24. The average molecular weight is 517 g/mol. The summed E-state index contributed by atoms with van der Waals surface area (Å²) >= 11 is 1.12. The molecule has 0 spiro atoms. The van der Waals surface area contributed by atoms with Gasteiger partial charge >= 0.3 is 11.9 Å². The summed E-state index contributed by atoms with van der Waals surface area (Å²) in [6.07, 6.45) is -6.10. The van der Waals surface area contributed by atoms with Crippen molar-refractivity contribution in [3.8, 4) is 10.4 Å². The Morgan fingerprint density at radius 2 is 1.89 bits per heavy atom. The molecule has 0 amide bonds. The summed E-state index contributed by atoms with van der Waals surface area (Å²) in [6.45, 7) is 1.47. The average Bonchev–Trinajstić information content (AvgIpc) is 3.51. The summed E-state index contributed by atoms with van der Waals surface area (Å²) in [7, 11) is 0. The van der Waals surface area contributed by atoms with Crippen LogP contribution < -0.4 is 17.0 Å². The van der Waals surface area contributed by atoms with E-state index in [4.69, 9.17) is 5.73 Å². The lowest BCUT2D eigenvalue weighted by atomic mass is 9.83. The van der Waals surface area contributed by atoms with Gasteiger partial charge in [0.1, 0.15) is 11.9 Å². The van der Waals surface area contributed by atoms with Crippen molar-refractivity contribution in [1.29, 1.82) is 0 Å². The molecule has 0 radical (unpaired) electrons. The number of hydrogen-bond acceptors (Lipinski definition) is 4. The highest BCUT2D eigenvalue weighted by Gasteiger charge is 2.43. The number of benzene rings is 1. The van der Waals surface area contributed by atoms with Crippen LogP contribution in [0.4, 0.5) is 26.3 Å². The molecule has 3 N–H and O–H groups in total. The Kier molecular flexibility index (Phi) is 5.67. The Morgan fingerprint density at radius 1 is 1.20 bits per heavy atom. The standard InChI is InChI=1S/C23H21F6N3O2S/c1-8-14(13-7-10-6-9(2-5-12(10)35-13)19(30)23(27,28)29)17(24)15(20(25)26)16-18(8)32(11-3-4-11)22(34)31-21(16)33/h7,9,11,19-20H,2-6,30H2,1H3,(H,31,33,34). The molecule has 0 aliphatic heterocycles. The van der Waals surface area contributed by atoms with E-state index >= 15 is 4.39 Å². The number of H-pyrrole nitrogens is 1. The zero-order valence-electron chi connectivity index (χ0n) is 18.4. The fourth-order valence-corrected chi connectivity index (χ4v) is 6.43. The number of fused-ring (bicyclic) bond motifs is 2. The molecule has 3 aromatic rings. The van der Waals surface area contributed by atoms with E-state index in [0.29, 0.717) is 24.8 Å². The third kappa shape index (κ3) is 3.90. The van der Waals surface area contributed by atoms with Gasteiger partial charge in [-0.2, -0.15) is 13.2 Å². The van der Waals surface area contributed by atoms with Crippen LogP contribution in [0.1, 0.15) is 53.3 Å². The maximum Gasteiger partial charge on any atom is 0.403 e. The maximum absolute atomic E-state index is 15.7. The monoisotopic (exact) mass is 517 g/mol. The van der Waals surface area contributed by atoms with Crippen LogP contribution in [0, 0.1) is 18.7 Å². The number of nitrogens with two attached hydrogens (primary N) is 1. The third-order valence-electron chi connectivity index (χ3n) is 6.98. The number of nitrogens with one attached hydrogen (secondary N) is 1. The molecule has 5 nitrogen and oxygen atoms in total. The summed E-state index contributed by atoms with van der Waals surface area (Å²) in [4.78, 5) is 28.2. The van der Waals surface area contributed by atoms with Crippen LogP contribution >= 0.6 is 11.3 Å². The highest BCUT2D eigenvalue weighted by atomic mass is 32.1. The first kappa shape index (κ1) is 24.1. The fourth-order valence-electron chi connectivity index (χ4n) is 5.12. The van der Waals surface area contributed by atoms with Gasteiger partial charge in [0.2, 0.25) is 0 Å². The molecule has 2 atom stereocenters. The fraction of sp³-hybridized carbons (Fsp3) is 0.478. The SMILES string of the molecule is Cc1c(-c2cc3c(s2)CCC(C(N)C(F)(F)F)C3)c(F)c(C(F)F)c2c(=O)[nH]c(=O)n(C3CC3)c12. The van der Waals surface area contributed by atoms with Crippen LogP contribution in [0.5, 0.6) is 0 Å². The van der Waals surface area contributed by atoms with Crippen molar-refractivity contribution < 1.29 is 26.3 Å². The van der Waals surface area contributed by atoms with Crippen LogP contribution in [-0.4, -0.2) is 21.8 Å². The van der Waals surface area contributed by atoms with Crippen molar-refractivity contribution in [2.75, 3.05) is 0 Å². The van der Waals surface area contributed by atoms with Crippen LogP contribution in [0.2, 0.25) is 0 Å². The number of aromatic amines is 1. The summed E-state index contributed by atoms with van der Waals surface area (Å²) in [5, 5.41) is -0.553. The Hall–Kier alpha value is -2.60. The zero-order valence-corrected chi connectivity index (χ0v) is 19.3. The van der Waals surface area contributed by atoms with E-state index in [1.807, 2.05) is 4.98 Å². The number of rotatable bonds is 4. The molecule has 1 aromatic carbocycles. The first-order valence-electron chi connectivity index (χ1n) is 11.1. The van der Waals surface area contributed by atoms with Gasteiger partial charge in [0.15, 0.2) is 0 Å². The molecule has 188 valence electrons. The van der Waals surface area contributed by atoms with Crippen LogP contribution in [0.15, 0.2) is 15.7 Å². The smallest absolute Gasteiger partial charge is 0.320 e. The summed E-state index contributed by atoms with van der Waals surface area (Å²) in [5.41, 5.74) is 3.04. The molecule has 12 heteroatoms. The normalized spacial score (nSPS) is 19.4. The van der Waals surface area contributed by atoms with Crippen LogP contribution in [0.25, 0.3) is 21.3 Å². The van der Waals surface area contributed by atoms with Gasteiger partial charge in [-0.1, -0.05) is 0 Å². The molecule has 0 bridgehead atoms. The number of hydrogen-bond donors (Lipinski definition) is 2. The lowest BCUT2D eigenvalue weighted by molar-refractivity contribution is -0.159. The minimum Gasteiger partial charge on any atom is -0.320 e. The molecule has 2 aromatic heterocycles. The molecule has 35 heavy (non-hydrogen) atoms. The molecule has 0 saturated heterocycles. The first-order chi connectivity index (χ1) is 16.4. The van der Waals surface area contributed by atoms with Gasteiger partial charge in [0.05, 0.1) is 16.5 Å². The lowest BCUT2D eigenvalue weighted by Gasteiger charge is -2.28. The Balaban J connectivity index is 1.72. The molecular weight excluding hydrogens is 496 g/mol. The van der Waals surface area contributed by atoms with E-state index in [2.05, 4.69) is 0 Å². The molecule has 2 aliphatic rings. The Morgan fingerprint density at radius 3 is 2.49 bits per heavy atom. The van der Waals surface area contributed by atoms with Crippen molar-refractivity contribution in [1.82, 2.24) is 9.55 Å². The summed E-state index contributed by atoms with van der Waals surface area (Å²) in [5.74, 6) is -2.11. The second kappa shape index (κ2) is 8.22. The van der Waals surface area contributed by atoms with Crippen molar-refractivity contribution >= 4 is 22.2 Å².